The third-order valence-corrected chi connectivity index (χ3v) is 8.07. The summed E-state index contributed by atoms with van der Waals surface area (Å²) < 4.78 is 53.8. The Kier molecular flexibility index (Phi) is 6.32. The predicted molar refractivity (Wildman–Crippen MR) is 115 cm³/mol. The van der Waals surface area contributed by atoms with E-state index < -0.39 is 44.4 Å². The van der Waals surface area contributed by atoms with Crippen LogP contribution in [0.2, 0.25) is 0 Å². The number of aliphatic carboxylic acids is 1. The van der Waals surface area contributed by atoms with Gasteiger partial charge in [0.05, 0.1) is 16.3 Å². The van der Waals surface area contributed by atoms with Gasteiger partial charge in [0, 0.05) is 19.0 Å². The molecule has 1 fully saturated rings. The Labute approximate surface area is 185 Å². The van der Waals surface area contributed by atoms with Crippen LogP contribution in [-0.4, -0.2) is 52.0 Å². The summed E-state index contributed by atoms with van der Waals surface area (Å²) in [5, 5.41) is 19.1. The highest BCUT2D eigenvalue weighted by atomic mass is 32.2. The molecule has 0 radical (unpaired) electrons. The van der Waals surface area contributed by atoms with Crippen LogP contribution >= 0.6 is 0 Å². The highest BCUT2D eigenvalue weighted by molar-refractivity contribution is 7.93. The van der Waals surface area contributed by atoms with Crippen LogP contribution in [-0.2, 0) is 36.2 Å². The quantitative estimate of drug-likeness (QED) is 0.497. The Bertz CT molecular complexity index is 1260. The number of benzene rings is 2. The highest BCUT2D eigenvalue weighted by Crippen LogP contribution is 2.35. The van der Waals surface area contributed by atoms with Gasteiger partial charge in [-0.15, -0.1) is 0 Å². The van der Waals surface area contributed by atoms with E-state index in [1.807, 2.05) is 0 Å². The lowest BCUT2D eigenvalue weighted by Crippen LogP contribution is -2.31. The molecule has 3 N–H and O–H groups in total. The number of sulfonamides is 1. The van der Waals surface area contributed by atoms with E-state index in [9.17, 15) is 31.5 Å². The van der Waals surface area contributed by atoms with Gasteiger partial charge in [-0.2, -0.15) is 8.42 Å². The number of phenolic OH excluding ortho intramolecular Hbond substituents is 1. The maximum absolute atomic E-state index is 13.1. The SMILES string of the molecule is CCN(c1ccc(N2CC(=O)NS2(=O)=O)c(O)c1)S(=O)(=O)c1ccc(CCC(=O)O)cc1. The minimum absolute atomic E-state index is 0.0178. The van der Waals surface area contributed by atoms with Crippen LogP contribution in [0.4, 0.5) is 11.4 Å². The minimum Gasteiger partial charge on any atom is -0.506 e. The van der Waals surface area contributed by atoms with E-state index in [1.54, 1.807) is 11.6 Å². The molecule has 1 heterocycles. The van der Waals surface area contributed by atoms with Crippen molar-refractivity contribution >= 4 is 43.5 Å². The molecule has 0 atom stereocenters. The van der Waals surface area contributed by atoms with Gasteiger partial charge in [-0.1, -0.05) is 12.1 Å². The maximum atomic E-state index is 13.1. The second-order valence-electron chi connectivity index (χ2n) is 6.92. The first-order valence-corrected chi connectivity index (χ1v) is 12.3. The van der Waals surface area contributed by atoms with E-state index in [0.29, 0.717) is 9.87 Å². The van der Waals surface area contributed by atoms with Crippen molar-refractivity contribution in [3.05, 3.63) is 48.0 Å². The summed E-state index contributed by atoms with van der Waals surface area (Å²) in [6, 6.07) is 9.47. The Hall–Kier alpha value is -3.32. The molecule has 13 heteroatoms. The molecule has 0 spiro atoms. The summed E-state index contributed by atoms with van der Waals surface area (Å²) in [5.41, 5.74) is 0.606. The molecule has 11 nitrogen and oxygen atoms in total. The van der Waals surface area contributed by atoms with Crippen LogP contribution in [0.5, 0.6) is 5.75 Å². The number of phenols is 1. The molecular weight excluding hydrogens is 462 g/mol. The van der Waals surface area contributed by atoms with Crippen LogP contribution in [0.25, 0.3) is 0 Å². The summed E-state index contributed by atoms with van der Waals surface area (Å²) in [6.07, 6.45) is 0.186. The van der Waals surface area contributed by atoms with E-state index in [1.165, 1.54) is 36.4 Å². The lowest BCUT2D eigenvalue weighted by molar-refractivity contribution is -0.137. The second-order valence-corrected chi connectivity index (χ2v) is 10.4. The number of nitrogens with one attached hydrogen (secondary N) is 1. The molecule has 1 amide bonds. The van der Waals surface area contributed by atoms with Gasteiger partial charge in [0.1, 0.15) is 12.3 Å². The number of aryl methyl sites for hydroxylation is 1. The zero-order chi connectivity index (χ0) is 23.7. The summed E-state index contributed by atoms with van der Waals surface area (Å²) in [5.74, 6) is -2.22. The number of carboxylic acids is 1. The van der Waals surface area contributed by atoms with Gasteiger partial charge in [0.15, 0.2) is 0 Å². The zero-order valence-corrected chi connectivity index (χ0v) is 18.6. The second kappa shape index (κ2) is 8.67. The molecule has 1 aliphatic heterocycles. The van der Waals surface area contributed by atoms with Gasteiger partial charge in [0.25, 0.3) is 15.9 Å². The first kappa shape index (κ1) is 23.3. The predicted octanol–water partition coefficient (Wildman–Crippen LogP) is 0.806. The van der Waals surface area contributed by atoms with Crippen molar-refractivity contribution in [2.24, 2.45) is 0 Å². The van der Waals surface area contributed by atoms with Crippen LogP contribution in [0.1, 0.15) is 18.9 Å². The van der Waals surface area contributed by atoms with E-state index in [2.05, 4.69) is 0 Å². The number of amides is 1. The zero-order valence-electron chi connectivity index (χ0n) is 16.9. The Morgan fingerprint density at radius 3 is 2.34 bits per heavy atom. The molecule has 32 heavy (non-hydrogen) atoms. The van der Waals surface area contributed by atoms with E-state index in [4.69, 9.17) is 5.11 Å². The number of hydrogen-bond acceptors (Lipinski definition) is 7. The average molecular weight is 484 g/mol. The van der Waals surface area contributed by atoms with Crippen molar-refractivity contribution in [1.82, 2.24) is 4.72 Å². The highest BCUT2D eigenvalue weighted by Gasteiger charge is 2.36. The monoisotopic (exact) mass is 483 g/mol. The fraction of sp³-hybridized carbons (Fsp3) is 0.263. The van der Waals surface area contributed by atoms with Crippen LogP contribution in [0.15, 0.2) is 47.4 Å². The van der Waals surface area contributed by atoms with Crippen molar-refractivity contribution in [2.75, 3.05) is 21.7 Å². The molecule has 0 unspecified atom stereocenters. The molecule has 0 bridgehead atoms. The molecule has 2 aromatic carbocycles. The largest absolute Gasteiger partial charge is 0.506 e. The lowest BCUT2D eigenvalue weighted by Gasteiger charge is -2.24. The van der Waals surface area contributed by atoms with Gasteiger partial charge in [-0.3, -0.25) is 13.9 Å². The maximum Gasteiger partial charge on any atom is 0.326 e. The fourth-order valence-corrected chi connectivity index (χ4v) is 5.87. The Morgan fingerprint density at radius 2 is 1.84 bits per heavy atom. The standard InChI is InChI=1S/C19H21N3O8S2/c1-2-21(31(27,28)15-7-3-13(4-8-15)5-10-19(25)26)14-6-9-16(17(23)11-14)22-12-18(24)20-32(22,29)30/h3-4,6-9,11,23H,2,5,10,12H2,1H3,(H,20,24)(H,25,26). The van der Waals surface area contributed by atoms with Crippen molar-refractivity contribution in [3.63, 3.8) is 0 Å². The fourth-order valence-electron chi connectivity index (χ4n) is 3.24. The van der Waals surface area contributed by atoms with Crippen molar-refractivity contribution in [1.29, 1.82) is 0 Å². The number of carbonyl (C=O) groups excluding carboxylic acids is 1. The summed E-state index contributed by atoms with van der Waals surface area (Å²) in [4.78, 5) is 22.1. The molecule has 0 saturated carbocycles. The number of hydrogen-bond donors (Lipinski definition) is 3. The van der Waals surface area contributed by atoms with Gasteiger partial charge >= 0.3 is 16.2 Å². The topological polar surface area (TPSA) is 161 Å². The number of aromatic hydroxyl groups is 1. The van der Waals surface area contributed by atoms with E-state index >= 15 is 0 Å². The summed E-state index contributed by atoms with van der Waals surface area (Å²) in [6.45, 7) is 1.11. The lowest BCUT2D eigenvalue weighted by atomic mass is 10.1. The van der Waals surface area contributed by atoms with Gasteiger partial charge in [0.2, 0.25) is 0 Å². The van der Waals surface area contributed by atoms with Crippen LogP contribution < -0.4 is 13.3 Å². The number of carboxylic acid groups (broad SMARTS) is 1. The molecular formula is C19H21N3O8S2. The first-order chi connectivity index (χ1) is 15.0. The molecule has 172 valence electrons. The molecule has 1 aliphatic rings. The molecule has 1 saturated heterocycles. The Balaban J connectivity index is 1.90. The third-order valence-electron chi connectivity index (χ3n) is 4.76. The summed E-state index contributed by atoms with van der Waals surface area (Å²) in [7, 11) is -8.16. The molecule has 2 aromatic rings. The molecule has 0 aliphatic carbocycles. The molecule has 3 rings (SSSR count). The Morgan fingerprint density at radius 1 is 1.19 bits per heavy atom. The number of carbonyl (C=O) groups is 2. The smallest absolute Gasteiger partial charge is 0.326 e. The van der Waals surface area contributed by atoms with Gasteiger partial charge in [-0.25, -0.2) is 17.4 Å². The van der Waals surface area contributed by atoms with E-state index in [0.717, 1.165) is 10.4 Å². The van der Waals surface area contributed by atoms with Gasteiger partial charge in [-0.05, 0) is 43.2 Å². The van der Waals surface area contributed by atoms with Crippen molar-refractivity contribution in [2.45, 2.75) is 24.7 Å². The van der Waals surface area contributed by atoms with Crippen molar-refractivity contribution in [3.8, 4) is 5.75 Å². The van der Waals surface area contributed by atoms with Crippen LogP contribution in [0, 0.1) is 0 Å². The normalized spacial score (nSPS) is 15.4. The third kappa shape index (κ3) is 4.62. The van der Waals surface area contributed by atoms with E-state index in [-0.39, 0.29) is 35.7 Å². The molecule has 0 aromatic heterocycles. The first-order valence-electron chi connectivity index (χ1n) is 9.45. The number of rotatable bonds is 8. The van der Waals surface area contributed by atoms with Gasteiger partial charge < -0.3 is 10.2 Å². The van der Waals surface area contributed by atoms with Crippen molar-refractivity contribution < 1.29 is 36.6 Å². The number of anilines is 2. The minimum atomic E-state index is -4.13. The average Bonchev–Trinajstić information content (AvgIpc) is 2.99. The summed E-state index contributed by atoms with van der Waals surface area (Å²) >= 11 is 0. The number of nitrogens with zero attached hydrogens (tertiary/aromatic N) is 2. The van der Waals surface area contributed by atoms with Crippen LogP contribution in [0.3, 0.4) is 0 Å².